The maximum Gasteiger partial charge on any atom is 0.470 e. The molecule has 2 N–H and O–H groups in total. The lowest BCUT2D eigenvalue weighted by molar-refractivity contribution is -0.873. The van der Waals surface area contributed by atoms with Crippen LogP contribution in [0.1, 0.15) is 6.42 Å². The van der Waals surface area contributed by atoms with Gasteiger partial charge in [0.25, 0.3) is 0 Å². The van der Waals surface area contributed by atoms with E-state index in [-0.39, 0.29) is 6.54 Å². The monoisotopic (exact) mass is 241 g/mol. The minimum absolute atomic E-state index is 0.166. The quantitative estimate of drug-likeness (QED) is 0.424. The van der Waals surface area contributed by atoms with Gasteiger partial charge in [-0.3, -0.25) is 4.52 Å². The highest BCUT2D eigenvalue weighted by molar-refractivity contribution is 7.46. The van der Waals surface area contributed by atoms with Crippen LogP contribution < -0.4 is 5.11 Å². The zero-order valence-electron chi connectivity index (χ0n) is 8.91. The van der Waals surface area contributed by atoms with E-state index >= 15 is 0 Å². The fourth-order valence-corrected chi connectivity index (χ4v) is 1.66. The summed E-state index contributed by atoms with van der Waals surface area (Å²) in [5.74, 6) is -1.40. The lowest BCUT2D eigenvalue weighted by atomic mass is 10.2. The van der Waals surface area contributed by atoms with Gasteiger partial charge in [0.05, 0.1) is 21.1 Å². The molecule has 0 rings (SSSR count). The number of aliphatic carboxylic acids is 1. The predicted octanol–water partition coefficient (Wildman–Crippen LogP) is -1.69. The number of hydrogen-bond donors (Lipinski definition) is 2. The molecule has 0 saturated heterocycles. The molecule has 0 aliphatic carbocycles. The van der Waals surface area contributed by atoms with Crippen molar-refractivity contribution in [1.29, 1.82) is 0 Å². The number of likely N-dealkylation sites (N-methyl/N-ethyl adjacent to an activating group) is 1. The van der Waals surface area contributed by atoms with E-state index < -0.39 is 26.3 Å². The molecule has 0 saturated carbocycles. The maximum absolute atomic E-state index is 10.6. The number of rotatable bonds is 6. The van der Waals surface area contributed by atoms with Crippen molar-refractivity contribution in [2.75, 3.05) is 27.7 Å². The van der Waals surface area contributed by atoms with E-state index in [1.165, 1.54) is 0 Å². The van der Waals surface area contributed by atoms with Crippen LogP contribution in [0, 0.1) is 0 Å². The fourth-order valence-electron chi connectivity index (χ4n) is 1.13. The first-order valence-electron chi connectivity index (χ1n) is 4.24. The summed E-state index contributed by atoms with van der Waals surface area (Å²) in [6, 6.07) is 0. The number of phosphoric ester groups is 1. The Bertz CT molecular complexity index is 267. The molecule has 90 valence electrons. The van der Waals surface area contributed by atoms with Crippen LogP contribution in [-0.2, 0) is 13.9 Å². The summed E-state index contributed by atoms with van der Waals surface area (Å²) in [6.07, 6.45) is -1.60. The van der Waals surface area contributed by atoms with E-state index in [9.17, 15) is 14.5 Å². The third-order valence-corrected chi connectivity index (χ3v) is 2.00. The van der Waals surface area contributed by atoms with E-state index in [4.69, 9.17) is 9.79 Å². The number of quaternary nitrogens is 1. The Hall–Kier alpha value is -0.460. The van der Waals surface area contributed by atoms with Gasteiger partial charge < -0.3 is 24.2 Å². The van der Waals surface area contributed by atoms with Gasteiger partial charge in [0.2, 0.25) is 0 Å². The minimum Gasteiger partial charge on any atom is -0.550 e. The fraction of sp³-hybridized carbons (Fsp3) is 0.857. The predicted molar refractivity (Wildman–Crippen MR) is 49.4 cm³/mol. The SMILES string of the molecule is C[N+](C)(C)C[C@@H](CC(=O)[O-])OP(=O)(O)O. The highest BCUT2D eigenvalue weighted by Gasteiger charge is 2.27. The zero-order chi connectivity index (χ0) is 12.3. The van der Waals surface area contributed by atoms with Crippen molar-refractivity contribution in [3.05, 3.63) is 0 Å². The largest absolute Gasteiger partial charge is 0.550 e. The number of carbonyl (C=O) groups excluding carboxylic acids is 1. The van der Waals surface area contributed by atoms with Crippen molar-refractivity contribution in [3.63, 3.8) is 0 Å². The summed E-state index contributed by atoms with van der Waals surface area (Å²) < 4.78 is 15.2. The van der Waals surface area contributed by atoms with Crippen LogP contribution in [0.4, 0.5) is 0 Å². The average molecular weight is 241 g/mol. The Balaban J connectivity index is 4.45. The normalized spacial score (nSPS) is 15.0. The number of carboxylic acid groups (broad SMARTS) is 1. The standard InChI is InChI=1S/C7H16NO6P/c1-8(2,3)5-6(4-7(9)10)14-15(11,12)13/h6H,4-5H2,1-3H3,(H2-,9,10,11,12,13)/t6-/m1/s1. The van der Waals surface area contributed by atoms with Gasteiger partial charge in [-0.2, -0.15) is 0 Å². The highest BCUT2D eigenvalue weighted by atomic mass is 31.2. The number of nitrogens with zero attached hydrogens (tertiary/aromatic N) is 1. The lowest BCUT2D eigenvalue weighted by Gasteiger charge is -2.29. The molecular weight excluding hydrogens is 225 g/mol. The number of carboxylic acids is 1. The Labute approximate surface area is 88.1 Å². The van der Waals surface area contributed by atoms with Crippen LogP contribution in [0.25, 0.3) is 0 Å². The Morgan fingerprint density at radius 1 is 1.47 bits per heavy atom. The summed E-state index contributed by atoms with van der Waals surface area (Å²) in [4.78, 5) is 27.5. The first-order valence-corrected chi connectivity index (χ1v) is 5.77. The maximum atomic E-state index is 10.6. The topological polar surface area (TPSA) is 107 Å². The van der Waals surface area contributed by atoms with Crippen molar-refractivity contribution < 1.29 is 33.3 Å². The van der Waals surface area contributed by atoms with Gasteiger partial charge in [-0.05, 0) is 0 Å². The van der Waals surface area contributed by atoms with Crippen LogP contribution in [0.3, 0.4) is 0 Å². The summed E-state index contributed by atoms with van der Waals surface area (Å²) >= 11 is 0. The van der Waals surface area contributed by atoms with Crippen molar-refractivity contribution in [3.8, 4) is 0 Å². The van der Waals surface area contributed by atoms with Crippen molar-refractivity contribution in [2.24, 2.45) is 0 Å². The van der Waals surface area contributed by atoms with Crippen molar-refractivity contribution in [2.45, 2.75) is 12.5 Å². The number of hydrogen-bond acceptors (Lipinski definition) is 4. The third-order valence-electron chi connectivity index (χ3n) is 1.43. The molecule has 0 aliphatic heterocycles. The first kappa shape index (κ1) is 14.5. The van der Waals surface area contributed by atoms with Gasteiger partial charge in [0.1, 0.15) is 12.6 Å². The van der Waals surface area contributed by atoms with Gasteiger partial charge in [-0.1, -0.05) is 0 Å². The minimum atomic E-state index is -4.67. The Morgan fingerprint density at radius 3 is 2.20 bits per heavy atom. The Morgan fingerprint density at radius 2 is 1.93 bits per heavy atom. The number of phosphoric acid groups is 1. The second kappa shape index (κ2) is 5.05. The molecule has 0 amide bonds. The first-order chi connectivity index (χ1) is 6.49. The van der Waals surface area contributed by atoms with Crippen molar-refractivity contribution >= 4 is 13.8 Å². The zero-order valence-corrected chi connectivity index (χ0v) is 9.81. The highest BCUT2D eigenvalue weighted by Crippen LogP contribution is 2.38. The lowest BCUT2D eigenvalue weighted by Crippen LogP contribution is -2.44. The summed E-state index contributed by atoms with van der Waals surface area (Å²) in [5, 5.41) is 10.3. The molecular formula is C7H16NO6P. The van der Waals surface area contributed by atoms with E-state index in [2.05, 4.69) is 4.52 Å². The summed E-state index contributed by atoms with van der Waals surface area (Å²) in [5.41, 5.74) is 0. The van der Waals surface area contributed by atoms with Crippen LogP contribution in [0.5, 0.6) is 0 Å². The van der Waals surface area contributed by atoms with E-state index in [0.29, 0.717) is 4.48 Å². The van der Waals surface area contributed by atoms with Gasteiger partial charge in [0, 0.05) is 12.4 Å². The summed E-state index contributed by atoms with van der Waals surface area (Å²) in [6.45, 7) is 0.166. The molecule has 0 radical (unpaired) electrons. The molecule has 0 spiro atoms. The number of carbonyl (C=O) groups is 1. The molecule has 0 aliphatic rings. The van der Waals surface area contributed by atoms with E-state index in [1.807, 2.05) is 0 Å². The second-order valence-electron chi connectivity index (χ2n) is 4.27. The molecule has 0 unspecified atom stereocenters. The second-order valence-corrected chi connectivity index (χ2v) is 5.46. The van der Waals surface area contributed by atoms with Gasteiger partial charge >= 0.3 is 7.82 Å². The van der Waals surface area contributed by atoms with Crippen LogP contribution >= 0.6 is 7.82 Å². The summed E-state index contributed by atoms with van der Waals surface area (Å²) in [7, 11) is 0.601. The molecule has 0 fully saturated rings. The molecule has 7 nitrogen and oxygen atoms in total. The van der Waals surface area contributed by atoms with Gasteiger partial charge in [0.15, 0.2) is 0 Å². The smallest absolute Gasteiger partial charge is 0.470 e. The molecule has 1 atom stereocenters. The van der Waals surface area contributed by atoms with Crippen LogP contribution in [-0.4, -0.2) is 54.0 Å². The van der Waals surface area contributed by atoms with Gasteiger partial charge in [-0.25, -0.2) is 4.57 Å². The molecule has 0 bridgehead atoms. The van der Waals surface area contributed by atoms with E-state index in [1.54, 1.807) is 21.1 Å². The molecule has 0 aromatic heterocycles. The van der Waals surface area contributed by atoms with Crippen LogP contribution in [0.15, 0.2) is 0 Å². The molecule has 15 heavy (non-hydrogen) atoms. The molecule has 0 aromatic rings. The van der Waals surface area contributed by atoms with Crippen LogP contribution in [0.2, 0.25) is 0 Å². The average Bonchev–Trinajstić information content (AvgIpc) is 1.73. The van der Waals surface area contributed by atoms with Gasteiger partial charge in [-0.15, -0.1) is 0 Å². The van der Waals surface area contributed by atoms with E-state index in [0.717, 1.165) is 0 Å². The Kier molecular flexibility index (Phi) is 4.89. The molecule has 8 heteroatoms. The molecule has 0 aromatic carbocycles. The van der Waals surface area contributed by atoms with Crippen molar-refractivity contribution in [1.82, 2.24) is 0 Å². The molecule has 0 heterocycles. The third kappa shape index (κ3) is 9.84.